The number of nitrogens with one attached hydrogen (secondary N) is 3. The monoisotopic (exact) mass is 246 g/mol. The number of amides is 1. The summed E-state index contributed by atoms with van der Waals surface area (Å²) in [4.78, 5) is 35.8. The van der Waals surface area contributed by atoms with Gasteiger partial charge in [-0.15, -0.1) is 0 Å². The topological polar surface area (TPSA) is 108 Å². The second-order valence-electron chi connectivity index (χ2n) is 3.68. The quantitative estimate of drug-likeness (QED) is 0.694. The van der Waals surface area contributed by atoms with Crippen LogP contribution in [0.25, 0.3) is 0 Å². The van der Waals surface area contributed by atoms with Crippen molar-refractivity contribution in [2.75, 3.05) is 5.32 Å². The van der Waals surface area contributed by atoms with E-state index in [1.54, 1.807) is 18.2 Å². The molecule has 2 rings (SSSR count). The Bertz CT molecular complexity index is 702. The van der Waals surface area contributed by atoms with Crippen molar-refractivity contribution in [2.45, 2.75) is 6.92 Å². The van der Waals surface area contributed by atoms with Gasteiger partial charge in [-0.1, -0.05) is 12.1 Å². The van der Waals surface area contributed by atoms with E-state index in [-0.39, 0.29) is 0 Å². The molecule has 1 heterocycles. The number of rotatable bonds is 2. The number of aromatic nitrogens is 3. The third-order valence-corrected chi connectivity index (χ3v) is 2.20. The minimum absolute atomic E-state index is 0.392. The lowest BCUT2D eigenvalue weighted by atomic mass is 10.2. The van der Waals surface area contributed by atoms with Gasteiger partial charge in [0.15, 0.2) is 0 Å². The van der Waals surface area contributed by atoms with Crippen LogP contribution in [-0.4, -0.2) is 21.1 Å². The Morgan fingerprint density at radius 1 is 1.33 bits per heavy atom. The molecule has 3 N–H and O–H groups in total. The van der Waals surface area contributed by atoms with Crippen LogP contribution in [0.2, 0.25) is 0 Å². The van der Waals surface area contributed by atoms with Crippen molar-refractivity contribution in [2.24, 2.45) is 0 Å². The highest BCUT2D eigenvalue weighted by atomic mass is 16.2. The van der Waals surface area contributed by atoms with Crippen LogP contribution < -0.4 is 16.6 Å². The van der Waals surface area contributed by atoms with E-state index in [0.717, 1.165) is 5.56 Å². The summed E-state index contributed by atoms with van der Waals surface area (Å²) in [6, 6.07) is 7.08. The van der Waals surface area contributed by atoms with E-state index in [2.05, 4.69) is 10.4 Å². The third-order valence-electron chi connectivity index (χ3n) is 2.20. The van der Waals surface area contributed by atoms with Gasteiger partial charge in [0, 0.05) is 5.69 Å². The Balaban J connectivity index is 2.27. The number of nitrogens with zero attached hydrogens (tertiary/aromatic N) is 1. The van der Waals surface area contributed by atoms with E-state index in [9.17, 15) is 14.4 Å². The SMILES string of the molecule is Cc1cccc(NC(=O)c2n[nH]c(=O)[nH]c2=O)c1. The smallest absolute Gasteiger partial charge is 0.320 e. The van der Waals surface area contributed by atoms with Crippen LogP contribution in [0.15, 0.2) is 33.9 Å². The maximum atomic E-state index is 11.7. The Morgan fingerprint density at radius 2 is 2.11 bits per heavy atom. The highest BCUT2D eigenvalue weighted by molar-refractivity contribution is 6.02. The highest BCUT2D eigenvalue weighted by Gasteiger charge is 2.13. The predicted octanol–water partition coefficient (Wildman–Crippen LogP) is 0.0189. The lowest BCUT2D eigenvalue weighted by Crippen LogP contribution is -2.32. The molecule has 7 nitrogen and oxygen atoms in total. The summed E-state index contributed by atoms with van der Waals surface area (Å²) in [6.45, 7) is 1.88. The maximum absolute atomic E-state index is 11.7. The summed E-state index contributed by atoms with van der Waals surface area (Å²) in [5.41, 5.74) is -0.462. The number of aromatic amines is 2. The van der Waals surface area contributed by atoms with Crippen molar-refractivity contribution in [1.29, 1.82) is 0 Å². The van der Waals surface area contributed by atoms with Gasteiger partial charge in [-0.05, 0) is 24.6 Å². The molecule has 0 spiro atoms. The van der Waals surface area contributed by atoms with Gasteiger partial charge in [-0.2, -0.15) is 5.10 Å². The van der Waals surface area contributed by atoms with Crippen molar-refractivity contribution < 1.29 is 4.79 Å². The van der Waals surface area contributed by atoms with Gasteiger partial charge in [0.25, 0.3) is 11.5 Å². The molecule has 7 heteroatoms. The largest absolute Gasteiger partial charge is 0.342 e. The minimum atomic E-state index is -0.830. The normalized spacial score (nSPS) is 10.1. The number of hydrogen-bond acceptors (Lipinski definition) is 4. The summed E-state index contributed by atoms with van der Waals surface area (Å²) in [5, 5.41) is 7.92. The number of carbonyl (C=O) groups is 1. The Morgan fingerprint density at radius 3 is 2.78 bits per heavy atom. The molecule has 0 aliphatic carbocycles. The van der Waals surface area contributed by atoms with Crippen molar-refractivity contribution in [3.8, 4) is 0 Å². The van der Waals surface area contributed by atoms with E-state index in [1.165, 1.54) is 0 Å². The molecule has 0 radical (unpaired) electrons. The first-order valence-corrected chi connectivity index (χ1v) is 5.13. The molecular weight excluding hydrogens is 236 g/mol. The second-order valence-corrected chi connectivity index (χ2v) is 3.68. The number of anilines is 1. The van der Waals surface area contributed by atoms with Gasteiger partial charge in [-0.25, -0.2) is 9.89 Å². The summed E-state index contributed by atoms with van der Waals surface area (Å²) in [6.07, 6.45) is 0. The van der Waals surface area contributed by atoms with Crippen LogP contribution in [-0.2, 0) is 0 Å². The Kier molecular flexibility index (Phi) is 3.05. The number of H-pyrrole nitrogens is 2. The standard InChI is InChI=1S/C11H10N4O3/c1-6-3-2-4-7(5-6)12-9(16)8-10(17)13-11(18)15-14-8/h2-5H,1H3,(H,12,16)(H2,13,15,17,18). The molecule has 1 aromatic carbocycles. The molecule has 0 saturated carbocycles. The van der Waals surface area contributed by atoms with Crippen LogP contribution in [0.1, 0.15) is 16.1 Å². The molecule has 18 heavy (non-hydrogen) atoms. The molecule has 2 aromatic rings. The number of aryl methyl sites for hydroxylation is 1. The van der Waals surface area contributed by atoms with Gasteiger partial charge >= 0.3 is 5.69 Å². The molecule has 1 amide bonds. The molecule has 1 aromatic heterocycles. The molecule has 0 atom stereocenters. The summed E-state index contributed by atoms with van der Waals surface area (Å²) >= 11 is 0. The fraction of sp³-hybridized carbons (Fsp3) is 0.0909. The van der Waals surface area contributed by atoms with Gasteiger partial charge in [0.2, 0.25) is 5.69 Å². The van der Waals surface area contributed by atoms with E-state index in [4.69, 9.17) is 0 Å². The Hall–Kier alpha value is -2.70. The van der Waals surface area contributed by atoms with E-state index >= 15 is 0 Å². The second kappa shape index (κ2) is 4.66. The van der Waals surface area contributed by atoms with Gasteiger partial charge in [-0.3, -0.25) is 14.6 Å². The van der Waals surface area contributed by atoms with Crippen LogP contribution in [0, 0.1) is 6.92 Å². The molecule has 0 aliphatic rings. The fourth-order valence-corrected chi connectivity index (χ4v) is 1.41. The van der Waals surface area contributed by atoms with Gasteiger partial charge in [0.1, 0.15) is 0 Å². The zero-order chi connectivity index (χ0) is 13.1. The number of benzene rings is 1. The Labute approximate surface area is 101 Å². The zero-order valence-electron chi connectivity index (χ0n) is 9.48. The minimum Gasteiger partial charge on any atom is -0.320 e. The van der Waals surface area contributed by atoms with Crippen molar-refractivity contribution in [3.63, 3.8) is 0 Å². The lowest BCUT2D eigenvalue weighted by Gasteiger charge is -2.04. The van der Waals surface area contributed by atoms with Gasteiger partial charge in [0.05, 0.1) is 0 Å². The van der Waals surface area contributed by atoms with Crippen LogP contribution in [0.3, 0.4) is 0 Å². The van der Waals surface area contributed by atoms with Crippen LogP contribution in [0.5, 0.6) is 0 Å². The van der Waals surface area contributed by atoms with Crippen LogP contribution >= 0.6 is 0 Å². The zero-order valence-corrected chi connectivity index (χ0v) is 9.48. The number of hydrogen-bond donors (Lipinski definition) is 3. The van der Waals surface area contributed by atoms with E-state index in [0.29, 0.717) is 5.69 Å². The van der Waals surface area contributed by atoms with Crippen molar-refractivity contribution in [1.82, 2.24) is 15.2 Å². The average molecular weight is 246 g/mol. The molecule has 0 unspecified atom stereocenters. The molecule has 0 saturated heterocycles. The maximum Gasteiger partial charge on any atom is 0.342 e. The summed E-state index contributed by atoms with van der Waals surface area (Å²) < 4.78 is 0. The molecule has 0 aliphatic heterocycles. The van der Waals surface area contributed by atoms with Crippen molar-refractivity contribution in [3.05, 3.63) is 56.4 Å². The lowest BCUT2D eigenvalue weighted by molar-refractivity contribution is 0.101. The van der Waals surface area contributed by atoms with E-state index in [1.807, 2.05) is 23.1 Å². The van der Waals surface area contributed by atoms with Gasteiger partial charge < -0.3 is 5.32 Å². The van der Waals surface area contributed by atoms with E-state index < -0.39 is 22.9 Å². The molecule has 0 bridgehead atoms. The first-order valence-electron chi connectivity index (χ1n) is 5.13. The first kappa shape index (κ1) is 11.8. The first-order chi connectivity index (χ1) is 8.56. The molecule has 0 fully saturated rings. The molecule has 92 valence electrons. The fourth-order valence-electron chi connectivity index (χ4n) is 1.41. The average Bonchev–Trinajstić information content (AvgIpc) is 2.28. The van der Waals surface area contributed by atoms with Crippen LogP contribution in [0.4, 0.5) is 5.69 Å². The highest BCUT2D eigenvalue weighted by Crippen LogP contribution is 2.09. The summed E-state index contributed by atoms with van der Waals surface area (Å²) in [7, 11) is 0. The third kappa shape index (κ3) is 2.51. The number of carbonyl (C=O) groups excluding carboxylic acids is 1. The molecular formula is C11H10N4O3. The summed E-state index contributed by atoms with van der Waals surface area (Å²) in [5.74, 6) is -0.682. The predicted molar refractivity (Wildman–Crippen MR) is 64.6 cm³/mol. The van der Waals surface area contributed by atoms with Crippen molar-refractivity contribution >= 4 is 11.6 Å².